The quantitative estimate of drug-likeness (QED) is 0.669. The van der Waals surface area contributed by atoms with Crippen molar-refractivity contribution >= 4 is 10.9 Å². The van der Waals surface area contributed by atoms with Crippen LogP contribution in [-0.4, -0.2) is 16.7 Å². The van der Waals surface area contributed by atoms with E-state index in [2.05, 4.69) is 27.8 Å². The van der Waals surface area contributed by atoms with Gasteiger partial charge in [0, 0.05) is 23.5 Å². The standard InChI is InChI=1S/C14H12N2O/c1-17-14-13-11(7-9-15-14)8-10-16(13)12-5-3-2-4-6-12/h2-10H,1H3. The Kier molecular flexibility index (Phi) is 2.29. The lowest BCUT2D eigenvalue weighted by Crippen LogP contribution is -1.95. The summed E-state index contributed by atoms with van der Waals surface area (Å²) in [7, 11) is 1.64. The molecule has 84 valence electrons. The summed E-state index contributed by atoms with van der Waals surface area (Å²) < 4.78 is 7.40. The summed E-state index contributed by atoms with van der Waals surface area (Å²) >= 11 is 0. The molecule has 3 heteroatoms. The highest BCUT2D eigenvalue weighted by Crippen LogP contribution is 2.26. The molecule has 0 atom stereocenters. The molecule has 2 aromatic heterocycles. The maximum atomic E-state index is 5.32. The molecule has 0 fully saturated rings. The van der Waals surface area contributed by atoms with E-state index in [0.29, 0.717) is 5.88 Å². The van der Waals surface area contributed by atoms with Crippen molar-refractivity contribution in [3.05, 3.63) is 54.9 Å². The van der Waals surface area contributed by atoms with E-state index in [1.165, 1.54) is 0 Å². The van der Waals surface area contributed by atoms with Crippen LogP contribution < -0.4 is 4.74 Å². The van der Waals surface area contributed by atoms with Crippen LogP contribution in [0.2, 0.25) is 0 Å². The first-order valence-electron chi connectivity index (χ1n) is 5.45. The molecule has 0 saturated heterocycles. The van der Waals surface area contributed by atoms with Gasteiger partial charge in [0.2, 0.25) is 5.88 Å². The van der Waals surface area contributed by atoms with Gasteiger partial charge in [-0.05, 0) is 24.3 Å². The van der Waals surface area contributed by atoms with Crippen LogP contribution in [0, 0.1) is 0 Å². The van der Waals surface area contributed by atoms with Crippen molar-refractivity contribution in [2.24, 2.45) is 0 Å². The van der Waals surface area contributed by atoms with Crippen LogP contribution in [0.25, 0.3) is 16.6 Å². The Morgan fingerprint density at radius 2 is 1.88 bits per heavy atom. The first-order chi connectivity index (χ1) is 8.40. The largest absolute Gasteiger partial charge is 0.479 e. The third-order valence-electron chi connectivity index (χ3n) is 2.79. The first-order valence-corrected chi connectivity index (χ1v) is 5.45. The van der Waals surface area contributed by atoms with Crippen molar-refractivity contribution in [3.63, 3.8) is 0 Å². The molecule has 2 heterocycles. The van der Waals surface area contributed by atoms with Gasteiger partial charge in [-0.2, -0.15) is 0 Å². The van der Waals surface area contributed by atoms with E-state index in [1.54, 1.807) is 13.3 Å². The molecule has 0 spiro atoms. The molecule has 1 aromatic carbocycles. The summed E-state index contributed by atoms with van der Waals surface area (Å²) in [6, 6.07) is 14.2. The number of methoxy groups -OCH3 is 1. The molecule has 0 unspecified atom stereocenters. The monoisotopic (exact) mass is 224 g/mol. The number of benzene rings is 1. The fraction of sp³-hybridized carbons (Fsp3) is 0.0714. The minimum atomic E-state index is 0.649. The predicted octanol–water partition coefficient (Wildman–Crippen LogP) is 3.03. The highest BCUT2D eigenvalue weighted by Gasteiger charge is 2.08. The number of ether oxygens (including phenoxy) is 1. The van der Waals surface area contributed by atoms with Gasteiger partial charge in [0.1, 0.15) is 5.52 Å². The van der Waals surface area contributed by atoms with Gasteiger partial charge < -0.3 is 9.30 Å². The van der Waals surface area contributed by atoms with Gasteiger partial charge in [-0.15, -0.1) is 0 Å². The van der Waals surface area contributed by atoms with E-state index < -0.39 is 0 Å². The van der Waals surface area contributed by atoms with Crippen LogP contribution in [0.15, 0.2) is 54.9 Å². The molecular weight excluding hydrogens is 212 g/mol. The maximum Gasteiger partial charge on any atom is 0.238 e. The molecule has 3 nitrogen and oxygen atoms in total. The molecule has 0 bridgehead atoms. The zero-order valence-corrected chi connectivity index (χ0v) is 9.50. The van der Waals surface area contributed by atoms with E-state index >= 15 is 0 Å². The highest BCUT2D eigenvalue weighted by molar-refractivity contribution is 5.85. The topological polar surface area (TPSA) is 27.1 Å². The van der Waals surface area contributed by atoms with Crippen molar-refractivity contribution < 1.29 is 4.74 Å². The minimum absolute atomic E-state index is 0.649. The maximum absolute atomic E-state index is 5.32. The Labute approximate surface area is 99.3 Å². The highest BCUT2D eigenvalue weighted by atomic mass is 16.5. The van der Waals surface area contributed by atoms with E-state index in [-0.39, 0.29) is 0 Å². The average molecular weight is 224 g/mol. The molecule has 0 radical (unpaired) electrons. The lowest BCUT2D eigenvalue weighted by atomic mass is 10.3. The molecule has 0 N–H and O–H groups in total. The van der Waals surface area contributed by atoms with Crippen molar-refractivity contribution in [1.29, 1.82) is 0 Å². The Morgan fingerprint density at radius 3 is 2.65 bits per heavy atom. The van der Waals surface area contributed by atoms with Crippen molar-refractivity contribution in [2.45, 2.75) is 0 Å². The Morgan fingerprint density at radius 1 is 1.06 bits per heavy atom. The van der Waals surface area contributed by atoms with E-state index in [9.17, 15) is 0 Å². The van der Waals surface area contributed by atoms with E-state index in [4.69, 9.17) is 4.74 Å². The molecular formula is C14H12N2O. The SMILES string of the molecule is COc1nccc2ccn(-c3ccccc3)c12. The number of para-hydroxylation sites is 1. The summed E-state index contributed by atoms with van der Waals surface area (Å²) in [6.07, 6.45) is 3.79. The van der Waals surface area contributed by atoms with Gasteiger partial charge in [0.25, 0.3) is 0 Å². The smallest absolute Gasteiger partial charge is 0.238 e. The second kappa shape index (κ2) is 3.94. The molecule has 0 aliphatic rings. The third-order valence-corrected chi connectivity index (χ3v) is 2.79. The molecule has 3 rings (SSSR count). The van der Waals surface area contributed by atoms with Gasteiger partial charge in [-0.25, -0.2) is 4.98 Å². The van der Waals surface area contributed by atoms with Crippen LogP contribution >= 0.6 is 0 Å². The number of aromatic nitrogens is 2. The number of hydrogen-bond acceptors (Lipinski definition) is 2. The normalized spacial score (nSPS) is 10.6. The van der Waals surface area contributed by atoms with Gasteiger partial charge in [-0.1, -0.05) is 18.2 Å². The second-order valence-corrected chi connectivity index (χ2v) is 3.78. The van der Waals surface area contributed by atoms with E-state index in [1.807, 2.05) is 30.5 Å². The Hall–Kier alpha value is -2.29. The average Bonchev–Trinajstić information content (AvgIpc) is 2.83. The van der Waals surface area contributed by atoms with Crippen LogP contribution in [0.1, 0.15) is 0 Å². The number of rotatable bonds is 2. The third kappa shape index (κ3) is 1.56. The van der Waals surface area contributed by atoms with Gasteiger partial charge in [-0.3, -0.25) is 0 Å². The second-order valence-electron chi connectivity index (χ2n) is 3.78. The van der Waals surface area contributed by atoms with Crippen molar-refractivity contribution in [3.8, 4) is 11.6 Å². The van der Waals surface area contributed by atoms with Crippen LogP contribution in [0.3, 0.4) is 0 Å². The summed E-state index contributed by atoms with van der Waals surface area (Å²) in [5.41, 5.74) is 2.11. The lowest BCUT2D eigenvalue weighted by molar-refractivity contribution is 0.402. The van der Waals surface area contributed by atoms with E-state index in [0.717, 1.165) is 16.6 Å². The predicted molar refractivity (Wildman–Crippen MR) is 67.6 cm³/mol. The summed E-state index contributed by atoms with van der Waals surface area (Å²) in [6.45, 7) is 0. The lowest BCUT2D eigenvalue weighted by Gasteiger charge is -2.07. The number of nitrogens with zero attached hydrogens (tertiary/aromatic N) is 2. The first kappa shape index (κ1) is 9.90. The summed E-state index contributed by atoms with van der Waals surface area (Å²) in [4.78, 5) is 4.24. The summed E-state index contributed by atoms with van der Waals surface area (Å²) in [5, 5.41) is 1.13. The van der Waals surface area contributed by atoms with Gasteiger partial charge >= 0.3 is 0 Å². The van der Waals surface area contributed by atoms with Crippen LogP contribution in [0.4, 0.5) is 0 Å². The number of fused-ring (bicyclic) bond motifs is 1. The molecule has 0 aliphatic heterocycles. The van der Waals surface area contributed by atoms with Gasteiger partial charge in [0.05, 0.1) is 7.11 Å². The molecule has 0 amide bonds. The van der Waals surface area contributed by atoms with Crippen molar-refractivity contribution in [1.82, 2.24) is 9.55 Å². The zero-order chi connectivity index (χ0) is 11.7. The fourth-order valence-corrected chi connectivity index (χ4v) is 2.01. The fourth-order valence-electron chi connectivity index (χ4n) is 2.01. The van der Waals surface area contributed by atoms with Crippen LogP contribution in [0.5, 0.6) is 5.88 Å². The molecule has 3 aromatic rings. The summed E-state index contributed by atoms with van der Waals surface area (Å²) in [5.74, 6) is 0.649. The molecule has 0 aliphatic carbocycles. The van der Waals surface area contributed by atoms with Crippen LogP contribution in [-0.2, 0) is 0 Å². The number of pyridine rings is 1. The Bertz CT molecular complexity index is 644. The zero-order valence-electron chi connectivity index (χ0n) is 9.50. The molecule has 17 heavy (non-hydrogen) atoms. The van der Waals surface area contributed by atoms with Gasteiger partial charge in [0.15, 0.2) is 0 Å². The molecule has 0 saturated carbocycles. The number of hydrogen-bond donors (Lipinski definition) is 0. The minimum Gasteiger partial charge on any atom is -0.479 e. The Balaban J connectivity index is 2.31. The van der Waals surface area contributed by atoms with Crippen molar-refractivity contribution in [2.75, 3.05) is 7.11 Å².